The molecule has 0 heterocycles. The minimum absolute atomic E-state index is 0.108. The van der Waals surface area contributed by atoms with Crippen LogP contribution in [-0.4, -0.2) is 19.0 Å². The van der Waals surface area contributed by atoms with E-state index in [1.807, 2.05) is 12.1 Å². The fourth-order valence-electron chi connectivity index (χ4n) is 2.24. The summed E-state index contributed by atoms with van der Waals surface area (Å²) in [5.74, 6) is -0.237. The Morgan fingerprint density at radius 2 is 1.95 bits per heavy atom. The van der Waals surface area contributed by atoms with Gasteiger partial charge in [0, 0.05) is 18.3 Å². The molecule has 0 radical (unpaired) electrons. The third-order valence-electron chi connectivity index (χ3n) is 3.25. The van der Waals surface area contributed by atoms with Crippen molar-refractivity contribution in [1.82, 2.24) is 4.90 Å². The summed E-state index contributed by atoms with van der Waals surface area (Å²) < 4.78 is 13.8. The molecule has 1 unspecified atom stereocenters. The van der Waals surface area contributed by atoms with Crippen LogP contribution in [0.3, 0.4) is 0 Å². The van der Waals surface area contributed by atoms with Gasteiger partial charge in [-0.25, -0.2) is 4.39 Å². The van der Waals surface area contributed by atoms with Gasteiger partial charge in [-0.2, -0.15) is 0 Å². The zero-order chi connectivity index (χ0) is 15.4. The fourth-order valence-corrected chi connectivity index (χ4v) is 2.64. The van der Waals surface area contributed by atoms with E-state index in [2.05, 4.69) is 65.4 Å². The van der Waals surface area contributed by atoms with E-state index in [9.17, 15) is 4.39 Å². The normalized spacial score (nSPS) is 12.5. The van der Waals surface area contributed by atoms with E-state index in [1.54, 1.807) is 6.07 Å². The number of benzene rings is 2. The van der Waals surface area contributed by atoms with Gasteiger partial charge in [-0.15, -0.1) is 0 Å². The van der Waals surface area contributed by atoms with Crippen molar-refractivity contribution in [2.24, 2.45) is 0 Å². The molecular formula is C17H20BrFN2. The molecule has 2 nitrogen and oxygen atoms in total. The Morgan fingerprint density at radius 3 is 2.62 bits per heavy atom. The number of anilines is 1. The summed E-state index contributed by atoms with van der Waals surface area (Å²) in [6.07, 6.45) is 0. The van der Waals surface area contributed by atoms with Crippen LogP contribution < -0.4 is 5.32 Å². The number of nitrogens with one attached hydrogen (secondary N) is 1. The topological polar surface area (TPSA) is 15.3 Å². The van der Waals surface area contributed by atoms with Crippen LogP contribution in [0.25, 0.3) is 0 Å². The van der Waals surface area contributed by atoms with Gasteiger partial charge in [0.25, 0.3) is 0 Å². The van der Waals surface area contributed by atoms with E-state index in [-0.39, 0.29) is 11.9 Å². The highest BCUT2D eigenvalue weighted by atomic mass is 79.9. The zero-order valence-electron chi connectivity index (χ0n) is 12.5. The Kier molecular flexibility index (Phi) is 5.37. The van der Waals surface area contributed by atoms with Crippen LogP contribution in [0.2, 0.25) is 0 Å². The first-order valence-corrected chi connectivity index (χ1v) is 7.70. The molecule has 0 amide bonds. The van der Waals surface area contributed by atoms with E-state index in [0.29, 0.717) is 4.47 Å². The third-order valence-corrected chi connectivity index (χ3v) is 3.86. The molecule has 0 saturated heterocycles. The first kappa shape index (κ1) is 16.0. The predicted molar refractivity (Wildman–Crippen MR) is 90.0 cm³/mol. The predicted octanol–water partition coefficient (Wildman–Crippen LogP) is 4.82. The second-order valence-corrected chi connectivity index (χ2v) is 6.33. The Labute approximate surface area is 134 Å². The second-order valence-electron chi connectivity index (χ2n) is 5.48. The molecule has 0 saturated carbocycles. The Balaban J connectivity index is 2.11. The highest BCUT2D eigenvalue weighted by Gasteiger charge is 2.08. The van der Waals surface area contributed by atoms with Crippen molar-refractivity contribution in [3.05, 3.63) is 63.9 Å². The van der Waals surface area contributed by atoms with Gasteiger partial charge >= 0.3 is 0 Å². The van der Waals surface area contributed by atoms with Crippen molar-refractivity contribution in [3.8, 4) is 0 Å². The molecule has 2 rings (SSSR count). The minimum atomic E-state index is -0.237. The zero-order valence-corrected chi connectivity index (χ0v) is 14.1. The average molecular weight is 351 g/mol. The van der Waals surface area contributed by atoms with Crippen molar-refractivity contribution in [2.45, 2.75) is 19.5 Å². The number of halogens is 2. The van der Waals surface area contributed by atoms with Crippen molar-refractivity contribution in [2.75, 3.05) is 19.4 Å². The first-order chi connectivity index (χ1) is 9.95. The van der Waals surface area contributed by atoms with Crippen LogP contribution in [-0.2, 0) is 6.54 Å². The van der Waals surface area contributed by atoms with Gasteiger partial charge in [0.15, 0.2) is 0 Å². The van der Waals surface area contributed by atoms with Crippen LogP contribution in [0.4, 0.5) is 10.1 Å². The second kappa shape index (κ2) is 7.05. The van der Waals surface area contributed by atoms with Gasteiger partial charge in [0.1, 0.15) is 5.82 Å². The monoisotopic (exact) mass is 350 g/mol. The number of hydrogen-bond acceptors (Lipinski definition) is 2. The van der Waals surface area contributed by atoms with E-state index in [4.69, 9.17) is 0 Å². The molecule has 0 bridgehead atoms. The van der Waals surface area contributed by atoms with Crippen molar-refractivity contribution < 1.29 is 4.39 Å². The molecule has 112 valence electrons. The lowest BCUT2D eigenvalue weighted by Gasteiger charge is -2.17. The number of nitrogens with zero attached hydrogens (tertiary/aromatic N) is 1. The summed E-state index contributed by atoms with van der Waals surface area (Å²) in [6.45, 7) is 2.98. The van der Waals surface area contributed by atoms with E-state index < -0.39 is 0 Å². The quantitative estimate of drug-likeness (QED) is 0.831. The maximum Gasteiger partial charge on any atom is 0.137 e. The van der Waals surface area contributed by atoms with Gasteiger partial charge in [0.2, 0.25) is 0 Å². The largest absolute Gasteiger partial charge is 0.379 e. The standard InChI is InChI=1S/C17H20BrFN2/c1-12(14-7-8-17(19)16(18)10-14)20-15-6-4-5-13(9-15)11-21(2)3/h4-10,12,20H,11H2,1-3H3. The Hall–Kier alpha value is -1.39. The van der Waals surface area contributed by atoms with Crippen LogP contribution in [0.5, 0.6) is 0 Å². The molecule has 0 fully saturated rings. The smallest absolute Gasteiger partial charge is 0.137 e. The van der Waals surface area contributed by atoms with E-state index >= 15 is 0 Å². The molecule has 4 heteroatoms. The summed E-state index contributed by atoms with van der Waals surface area (Å²) >= 11 is 3.23. The maximum atomic E-state index is 13.3. The van der Waals surface area contributed by atoms with E-state index in [0.717, 1.165) is 17.8 Å². The van der Waals surface area contributed by atoms with Crippen LogP contribution in [0, 0.1) is 5.82 Å². The van der Waals surface area contributed by atoms with Crippen molar-refractivity contribution in [1.29, 1.82) is 0 Å². The molecule has 0 aromatic heterocycles. The summed E-state index contributed by atoms with van der Waals surface area (Å²) in [7, 11) is 4.11. The SMILES string of the molecule is CC(Nc1cccc(CN(C)C)c1)c1ccc(F)c(Br)c1. The van der Waals surface area contributed by atoms with Crippen LogP contribution >= 0.6 is 15.9 Å². The Bertz CT molecular complexity index is 613. The Morgan fingerprint density at radius 1 is 1.19 bits per heavy atom. The highest BCUT2D eigenvalue weighted by Crippen LogP contribution is 2.24. The molecule has 2 aromatic carbocycles. The molecule has 0 aliphatic rings. The lowest BCUT2D eigenvalue weighted by atomic mass is 10.1. The first-order valence-electron chi connectivity index (χ1n) is 6.91. The molecule has 0 spiro atoms. The summed E-state index contributed by atoms with van der Waals surface area (Å²) in [5, 5.41) is 3.46. The number of hydrogen-bond donors (Lipinski definition) is 1. The summed E-state index contributed by atoms with van der Waals surface area (Å²) in [6, 6.07) is 13.6. The lowest BCUT2D eigenvalue weighted by molar-refractivity contribution is 0.402. The van der Waals surface area contributed by atoms with Gasteiger partial charge < -0.3 is 10.2 Å². The molecule has 2 aromatic rings. The van der Waals surface area contributed by atoms with Gasteiger partial charge in [-0.05, 0) is 72.3 Å². The molecule has 21 heavy (non-hydrogen) atoms. The van der Waals surface area contributed by atoms with Gasteiger partial charge in [-0.1, -0.05) is 18.2 Å². The van der Waals surface area contributed by atoms with Gasteiger partial charge in [0.05, 0.1) is 4.47 Å². The summed E-state index contributed by atoms with van der Waals surface area (Å²) in [4.78, 5) is 2.14. The van der Waals surface area contributed by atoms with Crippen molar-refractivity contribution in [3.63, 3.8) is 0 Å². The van der Waals surface area contributed by atoms with Crippen LogP contribution in [0.15, 0.2) is 46.9 Å². The maximum absolute atomic E-state index is 13.3. The number of rotatable bonds is 5. The lowest BCUT2D eigenvalue weighted by Crippen LogP contribution is -2.11. The fraction of sp³-hybridized carbons (Fsp3) is 0.294. The average Bonchev–Trinajstić information content (AvgIpc) is 2.41. The van der Waals surface area contributed by atoms with Crippen LogP contribution in [0.1, 0.15) is 24.1 Å². The van der Waals surface area contributed by atoms with E-state index in [1.165, 1.54) is 11.6 Å². The molecule has 1 atom stereocenters. The minimum Gasteiger partial charge on any atom is -0.379 e. The molecule has 0 aliphatic heterocycles. The molecule has 1 N–H and O–H groups in total. The van der Waals surface area contributed by atoms with Crippen molar-refractivity contribution >= 4 is 21.6 Å². The van der Waals surface area contributed by atoms with Gasteiger partial charge in [-0.3, -0.25) is 0 Å². The molecule has 0 aliphatic carbocycles. The summed E-state index contributed by atoms with van der Waals surface area (Å²) in [5.41, 5.74) is 3.38. The highest BCUT2D eigenvalue weighted by molar-refractivity contribution is 9.10. The third kappa shape index (κ3) is 4.55. The molecular weight excluding hydrogens is 331 g/mol.